The van der Waals surface area contributed by atoms with E-state index in [0.717, 1.165) is 50.6 Å². The summed E-state index contributed by atoms with van der Waals surface area (Å²) >= 11 is 2.07. The van der Waals surface area contributed by atoms with Crippen molar-refractivity contribution < 1.29 is 19.4 Å². The lowest BCUT2D eigenvalue weighted by Gasteiger charge is -2.44. The number of rotatable bonds is 6. The Morgan fingerprint density at radius 1 is 1.38 bits per heavy atom. The summed E-state index contributed by atoms with van der Waals surface area (Å²) in [5.74, 6) is 1.70. The maximum atomic E-state index is 11.0. The van der Waals surface area contributed by atoms with Crippen LogP contribution >= 0.6 is 11.8 Å². The highest BCUT2D eigenvalue weighted by atomic mass is 32.2. The van der Waals surface area contributed by atoms with Crippen LogP contribution in [-0.2, 0) is 9.53 Å². The van der Waals surface area contributed by atoms with Crippen molar-refractivity contribution in [3.8, 4) is 5.75 Å². The predicted molar refractivity (Wildman–Crippen MR) is 104 cm³/mol. The number of nitrogens with one attached hydrogen (secondary N) is 1. The van der Waals surface area contributed by atoms with Gasteiger partial charge in [-0.05, 0) is 37.1 Å². The van der Waals surface area contributed by atoms with Crippen LogP contribution in [0.4, 0.5) is 5.69 Å². The average molecular weight is 381 g/mol. The molecule has 2 aliphatic heterocycles. The van der Waals surface area contributed by atoms with Crippen LogP contribution in [0.25, 0.3) is 0 Å². The van der Waals surface area contributed by atoms with Gasteiger partial charge in [0.15, 0.2) is 0 Å². The molecular weight excluding hydrogens is 352 g/mol. The molecule has 6 nitrogen and oxygen atoms in total. The molecule has 144 valence electrons. The van der Waals surface area contributed by atoms with E-state index >= 15 is 0 Å². The first-order valence-corrected chi connectivity index (χ1v) is 10.2. The van der Waals surface area contributed by atoms with Gasteiger partial charge in [0.2, 0.25) is 5.91 Å². The highest BCUT2D eigenvalue weighted by molar-refractivity contribution is 8.00. The quantitative estimate of drug-likeness (QED) is 0.786. The Balaban J connectivity index is 1.43. The third-order valence-electron chi connectivity index (χ3n) is 4.82. The minimum Gasteiger partial charge on any atom is -0.491 e. The lowest BCUT2D eigenvalue weighted by Crippen LogP contribution is -2.51. The highest BCUT2D eigenvalue weighted by Crippen LogP contribution is 2.39. The van der Waals surface area contributed by atoms with Crippen LogP contribution in [-0.4, -0.2) is 72.0 Å². The van der Waals surface area contributed by atoms with E-state index in [9.17, 15) is 9.90 Å². The second kappa shape index (κ2) is 9.08. The zero-order valence-corrected chi connectivity index (χ0v) is 16.1. The number of benzene rings is 1. The van der Waals surface area contributed by atoms with Crippen molar-refractivity contribution in [2.45, 2.75) is 30.6 Å². The van der Waals surface area contributed by atoms with Gasteiger partial charge in [-0.15, -0.1) is 0 Å². The van der Waals surface area contributed by atoms with Crippen LogP contribution in [0.1, 0.15) is 19.8 Å². The van der Waals surface area contributed by atoms with Gasteiger partial charge in [-0.25, -0.2) is 0 Å². The molecule has 2 heterocycles. The maximum Gasteiger partial charge on any atom is 0.221 e. The number of anilines is 1. The van der Waals surface area contributed by atoms with Crippen molar-refractivity contribution >= 4 is 23.4 Å². The first-order chi connectivity index (χ1) is 12.5. The van der Waals surface area contributed by atoms with Crippen molar-refractivity contribution in [3.05, 3.63) is 24.3 Å². The number of aliphatic hydroxyl groups excluding tert-OH is 1. The van der Waals surface area contributed by atoms with Crippen molar-refractivity contribution in [2.24, 2.45) is 0 Å². The van der Waals surface area contributed by atoms with Gasteiger partial charge in [0.25, 0.3) is 0 Å². The summed E-state index contributed by atoms with van der Waals surface area (Å²) in [5.41, 5.74) is 0.734. The number of hydrogen-bond acceptors (Lipinski definition) is 6. The van der Waals surface area contributed by atoms with Crippen LogP contribution in [0.15, 0.2) is 24.3 Å². The summed E-state index contributed by atoms with van der Waals surface area (Å²) in [4.78, 5) is 13.4. The number of amides is 1. The molecule has 0 saturated carbocycles. The molecule has 0 bridgehead atoms. The van der Waals surface area contributed by atoms with Gasteiger partial charge in [0.1, 0.15) is 18.5 Å². The molecule has 1 amide bonds. The average Bonchev–Trinajstić information content (AvgIpc) is 2.61. The fourth-order valence-electron chi connectivity index (χ4n) is 3.51. The van der Waals surface area contributed by atoms with Crippen LogP contribution in [0.2, 0.25) is 0 Å². The second-order valence-electron chi connectivity index (χ2n) is 7.05. The largest absolute Gasteiger partial charge is 0.491 e. The van der Waals surface area contributed by atoms with Gasteiger partial charge in [-0.3, -0.25) is 9.69 Å². The van der Waals surface area contributed by atoms with Gasteiger partial charge in [0.05, 0.1) is 0 Å². The Labute approximate surface area is 159 Å². The van der Waals surface area contributed by atoms with E-state index < -0.39 is 6.10 Å². The molecule has 2 N–H and O–H groups in total. The highest BCUT2D eigenvalue weighted by Gasteiger charge is 2.38. The standard InChI is InChI=1S/C19H28N2O4S/c1-15(22)20-16-2-4-18(5-3-16)25-13-17(23)12-21-8-11-26-19(14-21)6-9-24-10-7-19/h2-5,17,23H,6-14H2,1H3,(H,20,22)/t17-/m1/s1. The zero-order chi connectivity index (χ0) is 18.4. The Hall–Kier alpha value is -1.28. The molecule has 1 spiro atoms. The van der Waals surface area contributed by atoms with Crippen molar-refractivity contribution in [2.75, 3.05) is 50.5 Å². The molecule has 2 aliphatic rings. The Morgan fingerprint density at radius 2 is 2.12 bits per heavy atom. The van der Waals surface area contributed by atoms with Gasteiger partial charge >= 0.3 is 0 Å². The SMILES string of the molecule is CC(=O)Nc1ccc(OC[C@H](O)CN2CCSC3(CCOCC3)C2)cc1. The van der Waals surface area contributed by atoms with Crippen molar-refractivity contribution in [3.63, 3.8) is 0 Å². The minimum absolute atomic E-state index is 0.101. The number of β-amino-alcohol motifs (C(OH)–C–C–N with tert-alkyl or cyclic N) is 1. The van der Waals surface area contributed by atoms with E-state index in [1.165, 1.54) is 6.92 Å². The smallest absolute Gasteiger partial charge is 0.221 e. The van der Waals surface area contributed by atoms with E-state index in [-0.39, 0.29) is 12.5 Å². The zero-order valence-electron chi connectivity index (χ0n) is 15.3. The number of ether oxygens (including phenoxy) is 2. The fraction of sp³-hybridized carbons (Fsp3) is 0.632. The molecule has 1 atom stereocenters. The number of hydrogen-bond donors (Lipinski definition) is 2. The first-order valence-electron chi connectivity index (χ1n) is 9.17. The number of nitrogens with zero attached hydrogens (tertiary/aromatic N) is 1. The lowest BCUT2D eigenvalue weighted by atomic mass is 9.97. The van der Waals surface area contributed by atoms with Crippen molar-refractivity contribution in [1.29, 1.82) is 0 Å². The number of carbonyl (C=O) groups is 1. The molecule has 3 rings (SSSR count). The molecule has 7 heteroatoms. The maximum absolute atomic E-state index is 11.0. The third kappa shape index (κ3) is 5.61. The molecule has 1 aromatic carbocycles. The summed E-state index contributed by atoms with van der Waals surface area (Å²) in [7, 11) is 0. The molecule has 2 fully saturated rings. The molecule has 1 aromatic rings. The lowest BCUT2D eigenvalue weighted by molar-refractivity contribution is -0.114. The summed E-state index contributed by atoms with van der Waals surface area (Å²) in [6.45, 7) is 6.10. The molecule has 26 heavy (non-hydrogen) atoms. The van der Waals surface area contributed by atoms with E-state index in [4.69, 9.17) is 9.47 Å². The molecule has 0 aromatic heterocycles. The molecule has 0 aliphatic carbocycles. The van der Waals surface area contributed by atoms with Crippen LogP contribution < -0.4 is 10.1 Å². The molecule has 2 saturated heterocycles. The van der Waals surface area contributed by atoms with Crippen LogP contribution in [0, 0.1) is 0 Å². The Morgan fingerprint density at radius 3 is 2.81 bits per heavy atom. The first kappa shape index (κ1) is 19.5. The Kier molecular flexibility index (Phi) is 6.80. The predicted octanol–water partition coefficient (Wildman–Crippen LogP) is 1.98. The van der Waals surface area contributed by atoms with E-state index in [0.29, 0.717) is 17.0 Å². The molecule has 0 radical (unpaired) electrons. The van der Waals surface area contributed by atoms with Crippen molar-refractivity contribution in [1.82, 2.24) is 4.90 Å². The summed E-state index contributed by atoms with van der Waals surface area (Å²) in [6.07, 6.45) is 1.67. The Bertz CT molecular complexity index is 584. The van der Waals surface area contributed by atoms with E-state index in [2.05, 4.69) is 22.0 Å². The molecule has 0 unspecified atom stereocenters. The van der Waals surface area contributed by atoms with Gasteiger partial charge in [-0.2, -0.15) is 11.8 Å². The van der Waals surface area contributed by atoms with E-state index in [1.807, 2.05) is 0 Å². The normalized spacial score (nSPS) is 21.3. The van der Waals surface area contributed by atoms with Gasteiger partial charge in [0, 0.05) is 56.0 Å². The van der Waals surface area contributed by atoms with Crippen LogP contribution in [0.5, 0.6) is 5.75 Å². The molecular formula is C19H28N2O4S. The second-order valence-corrected chi connectivity index (χ2v) is 8.61. The number of thioether (sulfide) groups is 1. The van der Waals surface area contributed by atoms with Crippen LogP contribution in [0.3, 0.4) is 0 Å². The monoisotopic (exact) mass is 380 g/mol. The third-order valence-corrected chi connectivity index (χ3v) is 6.35. The van der Waals surface area contributed by atoms with E-state index in [1.54, 1.807) is 24.3 Å². The minimum atomic E-state index is -0.523. The topological polar surface area (TPSA) is 71.0 Å². The summed E-state index contributed by atoms with van der Waals surface area (Å²) in [6, 6.07) is 7.18. The number of aliphatic hydroxyl groups is 1. The summed E-state index contributed by atoms with van der Waals surface area (Å²) < 4.78 is 11.5. The van der Waals surface area contributed by atoms with Gasteiger partial charge in [-0.1, -0.05) is 0 Å². The van der Waals surface area contributed by atoms with Gasteiger partial charge < -0.3 is 19.9 Å². The fourth-order valence-corrected chi connectivity index (χ4v) is 5.02. The number of carbonyl (C=O) groups excluding carboxylic acids is 1. The summed E-state index contributed by atoms with van der Waals surface area (Å²) in [5, 5.41) is 13.1.